The molecular formula is C16H12Br2N2O. The van der Waals surface area contributed by atoms with Crippen LogP contribution in [0.2, 0.25) is 0 Å². The van der Waals surface area contributed by atoms with Gasteiger partial charge in [-0.3, -0.25) is 4.79 Å². The van der Waals surface area contributed by atoms with Gasteiger partial charge in [-0.1, -0.05) is 30.3 Å². The molecule has 5 heteroatoms. The quantitative estimate of drug-likeness (QED) is 0.662. The van der Waals surface area contributed by atoms with Crippen molar-refractivity contribution in [2.45, 2.75) is 6.54 Å². The fraction of sp³-hybridized carbons (Fsp3) is 0.0625. The number of nitrogens with one attached hydrogen (secondary N) is 2. The molecule has 0 unspecified atom stereocenters. The van der Waals surface area contributed by atoms with Crippen molar-refractivity contribution in [2.24, 2.45) is 0 Å². The molecule has 0 saturated carbocycles. The first-order valence-corrected chi connectivity index (χ1v) is 8.02. The third-order valence-corrected chi connectivity index (χ3v) is 5.05. The van der Waals surface area contributed by atoms with E-state index in [0.717, 1.165) is 25.5 Å². The normalized spacial score (nSPS) is 10.8. The van der Waals surface area contributed by atoms with E-state index < -0.39 is 0 Å². The monoisotopic (exact) mass is 406 g/mol. The van der Waals surface area contributed by atoms with Crippen LogP contribution in [0.4, 0.5) is 5.69 Å². The van der Waals surface area contributed by atoms with E-state index >= 15 is 0 Å². The molecule has 106 valence electrons. The van der Waals surface area contributed by atoms with Crippen molar-refractivity contribution in [3.05, 3.63) is 73.4 Å². The van der Waals surface area contributed by atoms with Crippen LogP contribution in [0, 0.1) is 0 Å². The molecule has 1 heterocycles. The number of hydrogen-bond acceptors (Lipinski definition) is 2. The first-order valence-electron chi connectivity index (χ1n) is 6.43. The number of aromatic nitrogens is 1. The molecule has 0 aliphatic heterocycles. The molecule has 0 aliphatic rings. The van der Waals surface area contributed by atoms with Gasteiger partial charge in [0.1, 0.15) is 0 Å². The predicted octanol–water partition coefficient (Wildman–Crippen LogP) is 4.67. The second kappa shape index (κ2) is 6.03. The first-order chi connectivity index (χ1) is 10.1. The maximum Gasteiger partial charge on any atom is 0.250 e. The maximum absolute atomic E-state index is 11.8. The van der Waals surface area contributed by atoms with Crippen LogP contribution in [0.15, 0.2) is 62.3 Å². The molecule has 1 aromatic heterocycles. The van der Waals surface area contributed by atoms with Gasteiger partial charge in [0.15, 0.2) is 0 Å². The van der Waals surface area contributed by atoms with Crippen molar-refractivity contribution >= 4 is 48.5 Å². The van der Waals surface area contributed by atoms with E-state index in [1.165, 1.54) is 5.56 Å². The summed E-state index contributed by atoms with van der Waals surface area (Å²) >= 11 is 6.95. The third-order valence-electron chi connectivity index (χ3n) is 3.21. The summed E-state index contributed by atoms with van der Waals surface area (Å²) in [6.45, 7) is 0.674. The molecule has 0 radical (unpaired) electrons. The third kappa shape index (κ3) is 3.19. The van der Waals surface area contributed by atoms with Crippen molar-refractivity contribution in [3.63, 3.8) is 0 Å². The molecular weight excluding hydrogens is 396 g/mol. The number of benzene rings is 2. The Bertz CT molecular complexity index is 844. The fourth-order valence-corrected chi connectivity index (χ4v) is 2.88. The Labute approximate surface area is 138 Å². The van der Waals surface area contributed by atoms with E-state index in [0.29, 0.717) is 6.54 Å². The molecule has 2 N–H and O–H groups in total. The van der Waals surface area contributed by atoms with Crippen LogP contribution in [0.1, 0.15) is 5.56 Å². The smallest absolute Gasteiger partial charge is 0.250 e. The Morgan fingerprint density at radius 3 is 2.48 bits per heavy atom. The first kappa shape index (κ1) is 14.4. The summed E-state index contributed by atoms with van der Waals surface area (Å²) in [6.07, 6.45) is 0. The van der Waals surface area contributed by atoms with Crippen LogP contribution < -0.4 is 10.9 Å². The van der Waals surface area contributed by atoms with E-state index in [9.17, 15) is 4.79 Å². The van der Waals surface area contributed by atoms with Crippen LogP contribution in [0.5, 0.6) is 0 Å². The number of H-pyrrole nitrogens is 1. The topological polar surface area (TPSA) is 44.9 Å². The highest BCUT2D eigenvalue weighted by atomic mass is 79.9. The van der Waals surface area contributed by atoms with Gasteiger partial charge in [0.05, 0.1) is 5.52 Å². The minimum Gasteiger partial charge on any atom is -0.380 e. The van der Waals surface area contributed by atoms with Crippen LogP contribution >= 0.6 is 31.9 Å². The van der Waals surface area contributed by atoms with Crippen LogP contribution in [-0.4, -0.2) is 4.98 Å². The van der Waals surface area contributed by atoms with Gasteiger partial charge >= 0.3 is 0 Å². The summed E-state index contributed by atoms with van der Waals surface area (Å²) < 4.78 is 1.86. The summed E-state index contributed by atoms with van der Waals surface area (Å²) in [5, 5.41) is 4.31. The average Bonchev–Trinajstić information content (AvgIpc) is 2.48. The van der Waals surface area contributed by atoms with Crippen molar-refractivity contribution in [1.29, 1.82) is 0 Å². The second-order valence-electron chi connectivity index (χ2n) is 4.70. The van der Waals surface area contributed by atoms with Crippen molar-refractivity contribution < 1.29 is 0 Å². The standard InChI is InChI=1S/C16H12Br2N2O/c17-12-6-11-14(19-9-10-4-2-1-3-5-10)8-16(21)20-15(11)7-13(12)18/h1-8H,9H2,(H2,19,20,21). The van der Waals surface area contributed by atoms with Crippen LogP contribution in [-0.2, 0) is 6.54 Å². The molecule has 0 spiro atoms. The molecule has 3 nitrogen and oxygen atoms in total. The number of pyridine rings is 1. The second-order valence-corrected chi connectivity index (χ2v) is 6.41. The lowest BCUT2D eigenvalue weighted by Gasteiger charge is -2.10. The summed E-state index contributed by atoms with van der Waals surface area (Å²) in [6, 6.07) is 15.6. The minimum absolute atomic E-state index is 0.118. The SMILES string of the molecule is O=c1cc(NCc2ccccc2)c2cc(Br)c(Br)cc2[nH]1. The molecule has 21 heavy (non-hydrogen) atoms. The number of aromatic amines is 1. The van der Waals surface area contributed by atoms with E-state index in [-0.39, 0.29) is 5.56 Å². The Morgan fingerprint density at radius 2 is 1.71 bits per heavy atom. The van der Waals surface area contributed by atoms with Crippen LogP contribution in [0.25, 0.3) is 10.9 Å². The van der Waals surface area contributed by atoms with Gasteiger partial charge in [0.2, 0.25) is 5.56 Å². The molecule has 0 atom stereocenters. The van der Waals surface area contributed by atoms with Gasteiger partial charge in [-0.25, -0.2) is 0 Å². The lowest BCUT2D eigenvalue weighted by atomic mass is 10.1. The number of hydrogen-bond donors (Lipinski definition) is 2. The molecule has 3 rings (SSSR count). The van der Waals surface area contributed by atoms with E-state index in [2.05, 4.69) is 54.3 Å². The minimum atomic E-state index is -0.118. The highest BCUT2D eigenvalue weighted by molar-refractivity contribution is 9.13. The van der Waals surface area contributed by atoms with Crippen molar-refractivity contribution in [1.82, 2.24) is 4.98 Å². The maximum atomic E-state index is 11.8. The number of anilines is 1. The molecule has 3 aromatic rings. The Kier molecular flexibility index (Phi) is 4.12. The zero-order valence-electron chi connectivity index (χ0n) is 11.0. The predicted molar refractivity (Wildman–Crippen MR) is 93.7 cm³/mol. The van der Waals surface area contributed by atoms with E-state index in [1.807, 2.05) is 30.3 Å². The van der Waals surface area contributed by atoms with E-state index in [1.54, 1.807) is 6.07 Å². The molecule has 0 bridgehead atoms. The number of fused-ring (bicyclic) bond motifs is 1. The highest BCUT2D eigenvalue weighted by Crippen LogP contribution is 2.30. The van der Waals surface area contributed by atoms with Gasteiger partial charge in [0, 0.05) is 32.6 Å². The van der Waals surface area contributed by atoms with Crippen molar-refractivity contribution in [3.8, 4) is 0 Å². The largest absolute Gasteiger partial charge is 0.380 e. The van der Waals surface area contributed by atoms with Crippen LogP contribution in [0.3, 0.4) is 0 Å². The van der Waals surface area contributed by atoms with Gasteiger partial charge < -0.3 is 10.3 Å². The lowest BCUT2D eigenvalue weighted by molar-refractivity contribution is 1.15. The van der Waals surface area contributed by atoms with Gasteiger partial charge in [-0.05, 0) is 49.6 Å². The highest BCUT2D eigenvalue weighted by Gasteiger charge is 2.07. The zero-order valence-corrected chi connectivity index (χ0v) is 14.2. The number of halogens is 2. The lowest BCUT2D eigenvalue weighted by Crippen LogP contribution is -2.08. The van der Waals surface area contributed by atoms with Crippen molar-refractivity contribution in [2.75, 3.05) is 5.32 Å². The van der Waals surface area contributed by atoms with Gasteiger partial charge in [-0.15, -0.1) is 0 Å². The Morgan fingerprint density at radius 1 is 1.00 bits per heavy atom. The number of rotatable bonds is 3. The molecule has 0 amide bonds. The molecule has 0 aliphatic carbocycles. The summed E-state index contributed by atoms with van der Waals surface area (Å²) in [5.74, 6) is 0. The summed E-state index contributed by atoms with van der Waals surface area (Å²) in [4.78, 5) is 14.6. The molecule has 0 saturated heterocycles. The zero-order chi connectivity index (χ0) is 14.8. The van der Waals surface area contributed by atoms with Gasteiger partial charge in [-0.2, -0.15) is 0 Å². The summed E-state index contributed by atoms with van der Waals surface area (Å²) in [5.41, 5.74) is 2.67. The Hall–Kier alpha value is -1.59. The fourth-order valence-electron chi connectivity index (χ4n) is 2.19. The summed E-state index contributed by atoms with van der Waals surface area (Å²) in [7, 11) is 0. The van der Waals surface area contributed by atoms with Gasteiger partial charge in [0.25, 0.3) is 0 Å². The molecule has 0 fully saturated rings. The Balaban J connectivity index is 2.01. The van der Waals surface area contributed by atoms with E-state index in [4.69, 9.17) is 0 Å². The molecule has 2 aromatic carbocycles. The average molecular weight is 408 g/mol.